The summed E-state index contributed by atoms with van der Waals surface area (Å²) in [7, 11) is 0. The van der Waals surface area contributed by atoms with E-state index in [1.807, 2.05) is 55.5 Å². The molecule has 1 aromatic heterocycles. The molecule has 7 heteroatoms. The second kappa shape index (κ2) is 10.1. The van der Waals surface area contributed by atoms with E-state index >= 15 is 0 Å². The maximum absolute atomic E-state index is 12.5. The number of amides is 2. The first-order valence-electron chi connectivity index (χ1n) is 12.0. The maximum atomic E-state index is 12.5. The van der Waals surface area contributed by atoms with E-state index in [9.17, 15) is 9.59 Å². The first-order valence-corrected chi connectivity index (χ1v) is 12.0. The van der Waals surface area contributed by atoms with Gasteiger partial charge < -0.3 is 16.8 Å². The van der Waals surface area contributed by atoms with Gasteiger partial charge in [0, 0.05) is 17.7 Å². The lowest BCUT2D eigenvalue weighted by Gasteiger charge is -2.28. The van der Waals surface area contributed by atoms with Gasteiger partial charge in [-0.25, -0.2) is 4.68 Å². The molecule has 1 aliphatic carbocycles. The molecule has 1 heterocycles. The molecule has 1 saturated carbocycles. The van der Waals surface area contributed by atoms with E-state index in [-0.39, 0.29) is 17.5 Å². The molecular formula is C27H33N5O2. The topological polar surface area (TPSA) is 116 Å². The van der Waals surface area contributed by atoms with E-state index in [1.165, 1.54) is 6.42 Å². The van der Waals surface area contributed by atoms with Crippen LogP contribution in [0.25, 0.3) is 11.3 Å². The largest absolute Gasteiger partial charge is 0.383 e. The van der Waals surface area contributed by atoms with Gasteiger partial charge in [-0.1, -0.05) is 55.8 Å². The molecule has 0 aliphatic heterocycles. The monoisotopic (exact) mass is 459 g/mol. The van der Waals surface area contributed by atoms with Crippen molar-refractivity contribution in [3.05, 3.63) is 70.8 Å². The highest BCUT2D eigenvalue weighted by Gasteiger charge is 2.28. The average Bonchev–Trinajstić information content (AvgIpc) is 3.20. The first kappa shape index (κ1) is 23.5. The van der Waals surface area contributed by atoms with E-state index in [4.69, 9.17) is 16.6 Å². The summed E-state index contributed by atoms with van der Waals surface area (Å²) in [5, 5.41) is 7.71. The summed E-state index contributed by atoms with van der Waals surface area (Å²) in [5.74, 6) is 0.414. The predicted molar refractivity (Wildman–Crippen MR) is 134 cm³/mol. The number of anilines is 1. The third-order valence-corrected chi connectivity index (χ3v) is 7.00. The van der Waals surface area contributed by atoms with Crippen molar-refractivity contribution in [2.24, 2.45) is 11.7 Å². The Morgan fingerprint density at radius 3 is 2.35 bits per heavy atom. The Morgan fingerprint density at radius 1 is 1.06 bits per heavy atom. The van der Waals surface area contributed by atoms with Crippen molar-refractivity contribution in [1.29, 1.82) is 0 Å². The zero-order valence-corrected chi connectivity index (χ0v) is 19.9. The highest BCUT2D eigenvalue weighted by atomic mass is 16.2. The van der Waals surface area contributed by atoms with Gasteiger partial charge in [-0.2, -0.15) is 5.10 Å². The number of rotatable bonds is 7. The summed E-state index contributed by atoms with van der Waals surface area (Å²) >= 11 is 0. The Hall–Kier alpha value is -3.61. The summed E-state index contributed by atoms with van der Waals surface area (Å²) in [4.78, 5) is 24.7. The van der Waals surface area contributed by atoms with Crippen LogP contribution in [-0.4, -0.2) is 21.6 Å². The average molecular weight is 460 g/mol. The van der Waals surface area contributed by atoms with Gasteiger partial charge in [0.2, 0.25) is 0 Å². The summed E-state index contributed by atoms with van der Waals surface area (Å²) in [5.41, 5.74) is 16.2. The Bertz CT molecular complexity index is 1170. The lowest BCUT2D eigenvalue weighted by atomic mass is 9.84. The molecule has 0 saturated heterocycles. The van der Waals surface area contributed by atoms with E-state index in [0.717, 1.165) is 48.3 Å². The van der Waals surface area contributed by atoms with Gasteiger partial charge in [0.15, 0.2) is 0 Å². The summed E-state index contributed by atoms with van der Waals surface area (Å²) in [6.45, 7) is 4.54. The molecule has 3 aromatic rings. The number of aromatic nitrogens is 2. The van der Waals surface area contributed by atoms with Crippen LogP contribution >= 0.6 is 0 Å². The van der Waals surface area contributed by atoms with Crippen LogP contribution < -0.4 is 16.8 Å². The molecule has 178 valence electrons. The fourth-order valence-electron chi connectivity index (χ4n) is 4.85. The number of hydrogen-bond donors (Lipinski definition) is 3. The van der Waals surface area contributed by atoms with Gasteiger partial charge in [0.25, 0.3) is 11.8 Å². The van der Waals surface area contributed by atoms with Crippen molar-refractivity contribution >= 4 is 17.6 Å². The van der Waals surface area contributed by atoms with E-state index in [0.29, 0.717) is 23.6 Å². The quantitative estimate of drug-likeness (QED) is 0.478. The molecule has 0 bridgehead atoms. The van der Waals surface area contributed by atoms with Crippen molar-refractivity contribution in [2.45, 2.75) is 58.5 Å². The molecule has 4 rings (SSSR count). The van der Waals surface area contributed by atoms with Crippen LogP contribution in [0, 0.1) is 12.8 Å². The van der Waals surface area contributed by atoms with E-state index < -0.39 is 5.91 Å². The van der Waals surface area contributed by atoms with Crippen LogP contribution in [0.2, 0.25) is 0 Å². The minimum absolute atomic E-state index is 0.109. The molecule has 0 atom stereocenters. The molecule has 0 radical (unpaired) electrons. The highest BCUT2D eigenvalue weighted by molar-refractivity contribution is 6.03. The van der Waals surface area contributed by atoms with Crippen LogP contribution in [0.15, 0.2) is 48.5 Å². The zero-order chi connectivity index (χ0) is 24.2. The lowest BCUT2D eigenvalue weighted by molar-refractivity contribution is 0.0949. The molecule has 2 aromatic carbocycles. The number of carbonyl (C=O) groups excluding carboxylic acids is 2. The number of nitrogens with one attached hydrogen (secondary N) is 1. The van der Waals surface area contributed by atoms with Gasteiger partial charge in [-0.3, -0.25) is 9.59 Å². The van der Waals surface area contributed by atoms with E-state index in [1.54, 1.807) is 4.68 Å². The molecule has 7 nitrogen and oxygen atoms in total. The summed E-state index contributed by atoms with van der Waals surface area (Å²) in [6.07, 6.45) is 5.48. The maximum Gasteiger partial charge on any atom is 0.254 e. The number of benzene rings is 2. The molecule has 0 spiro atoms. The Balaban J connectivity index is 1.51. The molecule has 0 unspecified atom stereocenters. The summed E-state index contributed by atoms with van der Waals surface area (Å²) < 4.78 is 1.80. The van der Waals surface area contributed by atoms with Crippen LogP contribution in [0.3, 0.4) is 0 Å². The SMILES string of the molecule is CCC1CCC(n2nc(-c3ccc(CNC(=O)c4ccccc4C)cc3)c(C(N)=O)c2N)CC1. The van der Waals surface area contributed by atoms with Crippen molar-refractivity contribution in [1.82, 2.24) is 15.1 Å². The van der Waals surface area contributed by atoms with Gasteiger partial charge in [0.1, 0.15) is 17.1 Å². The van der Waals surface area contributed by atoms with Crippen molar-refractivity contribution in [2.75, 3.05) is 5.73 Å². The number of nitrogens with zero attached hydrogens (tertiary/aromatic N) is 2. The Labute approximate surface area is 200 Å². The van der Waals surface area contributed by atoms with Gasteiger partial charge in [-0.05, 0) is 55.7 Å². The molecule has 34 heavy (non-hydrogen) atoms. The fourth-order valence-corrected chi connectivity index (χ4v) is 4.85. The minimum atomic E-state index is -0.574. The molecule has 1 aliphatic rings. The predicted octanol–water partition coefficient (Wildman–Crippen LogP) is 4.61. The zero-order valence-electron chi connectivity index (χ0n) is 19.9. The van der Waals surface area contributed by atoms with Crippen LogP contribution in [-0.2, 0) is 6.54 Å². The van der Waals surface area contributed by atoms with Crippen molar-refractivity contribution < 1.29 is 9.59 Å². The molecule has 5 N–H and O–H groups in total. The van der Waals surface area contributed by atoms with Crippen LogP contribution in [0.4, 0.5) is 5.82 Å². The minimum Gasteiger partial charge on any atom is -0.383 e. The fraction of sp³-hybridized carbons (Fsp3) is 0.370. The van der Waals surface area contributed by atoms with Crippen LogP contribution in [0.1, 0.15) is 76.9 Å². The second-order valence-electron chi connectivity index (χ2n) is 9.19. The third kappa shape index (κ3) is 4.83. The smallest absolute Gasteiger partial charge is 0.254 e. The van der Waals surface area contributed by atoms with Crippen molar-refractivity contribution in [3.63, 3.8) is 0 Å². The standard InChI is InChI=1S/C27H33N5O2/c1-3-18-10-14-21(15-11-18)32-25(28)23(26(29)33)24(31-32)20-12-8-19(9-13-20)16-30-27(34)22-7-5-4-6-17(22)2/h4-9,12-13,18,21H,3,10-11,14-16,28H2,1-2H3,(H2,29,33)(H,30,34). The van der Waals surface area contributed by atoms with E-state index in [2.05, 4.69) is 12.2 Å². The molecule has 2 amide bonds. The van der Waals surface area contributed by atoms with Crippen LogP contribution in [0.5, 0.6) is 0 Å². The summed E-state index contributed by atoms with van der Waals surface area (Å²) in [6, 6.07) is 15.3. The van der Waals surface area contributed by atoms with Gasteiger partial charge >= 0.3 is 0 Å². The Morgan fingerprint density at radius 2 is 1.74 bits per heavy atom. The number of nitrogens with two attached hydrogens (primary N) is 2. The number of hydrogen-bond acceptors (Lipinski definition) is 4. The van der Waals surface area contributed by atoms with Crippen molar-refractivity contribution in [3.8, 4) is 11.3 Å². The second-order valence-corrected chi connectivity index (χ2v) is 9.19. The number of primary amides is 1. The molecular weight excluding hydrogens is 426 g/mol. The number of aryl methyl sites for hydroxylation is 1. The van der Waals surface area contributed by atoms with Gasteiger partial charge in [0.05, 0.1) is 6.04 Å². The third-order valence-electron chi connectivity index (χ3n) is 7.00. The first-order chi connectivity index (χ1) is 16.4. The normalized spacial score (nSPS) is 17.9. The van der Waals surface area contributed by atoms with Gasteiger partial charge in [-0.15, -0.1) is 0 Å². The Kier molecular flexibility index (Phi) is 7.01. The number of nitrogen functional groups attached to an aromatic ring is 1. The lowest BCUT2D eigenvalue weighted by Crippen LogP contribution is -2.23. The number of carbonyl (C=O) groups is 2. The highest BCUT2D eigenvalue weighted by Crippen LogP contribution is 2.37. The molecule has 1 fully saturated rings.